The van der Waals surface area contributed by atoms with Gasteiger partial charge in [-0.05, 0) is 26.2 Å². The number of furan rings is 1. The molecule has 19 heavy (non-hydrogen) atoms. The molecule has 2 aromatic rings. The highest BCUT2D eigenvalue weighted by molar-refractivity contribution is 5.19. The monoisotopic (exact) mass is 262 g/mol. The van der Waals surface area contributed by atoms with Gasteiger partial charge in [0.25, 0.3) is 0 Å². The lowest BCUT2D eigenvalue weighted by Crippen LogP contribution is -2.19. The van der Waals surface area contributed by atoms with E-state index in [9.17, 15) is 4.39 Å². The van der Waals surface area contributed by atoms with Crippen molar-refractivity contribution < 1.29 is 8.81 Å². The molecule has 2 rings (SSSR count). The molecule has 0 bridgehead atoms. The minimum Gasteiger partial charge on any atom is -0.468 e. The number of benzene rings is 1. The summed E-state index contributed by atoms with van der Waals surface area (Å²) in [6.07, 6.45) is 1.69. The van der Waals surface area contributed by atoms with Crippen LogP contribution in [0, 0.1) is 5.82 Å². The fraction of sp³-hybridized carbons (Fsp3) is 0.333. The molecule has 4 heteroatoms. The van der Waals surface area contributed by atoms with Crippen LogP contribution in [-0.2, 0) is 19.6 Å². The lowest BCUT2D eigenvalue weighted by Gasteiger charge is -2.17. The van der Waals surface area contributed by atoms with Crippen molar-refractivity contribution in [2.45, 2.75) is 19.6 Å². The van der Waals surface area contributed by atoms with Crippen molar-refractivity contribution in [3.63, 3.8) is 0 Å². The smallest absolute Gasteiger partial charge is 0.127 e. The Hall–Kier alpha value is -1.65. The zero-order valence-corrected chi connectivity index (χ0v) is 11.3. The van der Waals surface area contributed by atoms with Crippen molar-refractivity contribution in [1.29, 1.82) is 0 Å². The molecule has 0 aliphatic heterocycles. The number of halogens is 1. The maximum atomic E-state index is 13.6. The summed E-state index contributed by atoms with van der Waals surface area (Å²) in [5, 5.41) is 3.07. The van der Waals surface area contributed by atoms with Gasteiger partial charge in [0.1, 0.15) is 11.6 Å². The average molecular weight is 262 g/mol. The molecular formula is C15H19FN2O. The van der Waals surface area contributed by atoms with E-state index in [1.54, 1.807) is 12.3 Å². The van der Waals surface area contributed by atoms with Crippen LogP contribution in [0.2, 0.25) is 0 Å². The van der Waals surface area contributed by atoms with E-state index in [0.29, 0.717) is 18.7 Å². The molecule has 0 radical (unpaired) electrons. The second-order valence-electron chi connectivity index (χ2n) is 4.66. The molecule has 0 saturated carbocycles. The van der Waals surface area contributed by atoms with Crippen LogP contribution >= 0.6 is 0 Å². The maximum absolute atomic E-state index is 13.6. The Morgan fingerprint density at radius 1 is 1.16 bits per heavy atom. The number of rotatable bonds is 6. The van der Waals surface area contributed by atoms with Gasteiger partial charge in [-0.2, -0.15) is 0 Å². The molecule has 0 saturated heterocycles. The Balaban J connectivity index is 1.99. The first-order valence-electron chi connectivity index (χ1n) is 6.32. The summed E-state index contributed by atoms with van der Waals surface area (Å²) in [6.45, 7) is 2.02. The standard InChI is InChI=1S/C15H19FN2O/c1-17-9-15-13(7-8-19-15)11-18(2)10-12-5-3-4-6-14(12)16/h3-8,17H,9-11H2,1-2H3. The highest BCUT2D eigenvalue weighted by Crippen LogP contribution is 2.15. The molecule has 3 nitrogen and oxygen atoms in total. The lowest BCUT2D eigenvalue weighted by molar-refractivity contribution is 0.310. The fourth-order valence-corrected chi connectivity index (χ4v) is 2.09. The molecular weight excluding hydrogens is 243 g/mol. The zero-order valence-electron chi connectivity index (χ0n) is 11.3. The van der Waals surface area contributed by atoms with E-state index < -0.39 is 0 Å². The largest absolute Gasteiger partial charge is 0.468 e. The van der Waals surface area contributed by atoms with Crippen LogP contribution in [0.15, 0.2) is 41.0 Å². The van der Waals surface area contributed by atoms with Crippen molar-refractivity contribution in [1.82, 2.24) is 10.2 Å². The van der Waals surface area contributed by atoms with Crippen molar-refractivity contribution in [3.8, 4) is 0 Å². The first-order chi connectivity index (χ1) is 9.20. The first-order valence-corrected chi connectivity index (χ1v) is 6.32. The first kappa shape index (κ1) is 13.8. The third kappa shape index (κ3) is 3.66. The molecule has 0 unspecified atom stereocenters. The summed E-state index contributed by atoms with van der Waals surface area (Å²) < 4.78 is 19.0. The van der Waals surface area contributed by atoms with Crippen LogP contribution in [-0.4, -0.2) is 19.0 Å². The molecule has 0 aliphatic rings. The van der Waals surface area contributed by atoms with E-state index in [0.717, 1.165) is 17.9 Å². The molecule has 0 fully saturated rings. The second kappa shape index (κ2) is 6.50. The van der Waals surface area contributed by atoms with E-state index in [1.165, 1.54) is 6.07 Å². The lowest BCUT2D eigenvalue weighted by atomic mass is 10.2. The van der Waals surface area contributed by atoms with Gasteiger partial charge in [0.05, 0.1) is 12.8 Å². The van der Waals surface area contributed by atoms with Crippen LogP contribution in [0.1, 0.15) is 16.9 Å². The fourth-order valence-electron chi connectivity index (χ4n) is 2.09. The van der Waals surface area contributed by atoms with E-state index in [1.807, 2.05) is 32.3 Å². The van der Waals surface area contributed by atoms with Gasteiger partial charge in [-0.1, -0.05) is 18.2 Å². The van der Waals surface area contributed by atoms with E-state index in [-0.39, 0.29) is 5.82 Å². The molecule has 1 aromatic heterocycles. The Morgan fingerprint density at radius 2 is 1.89 bits per heavy atom. The number of nitrogens with zero attached hydrogens (tertiary/aromatic N) is 1. The molecule has 102 valence electrons. The molecule has 1 heterocycles. The van der Waals surface area contributed by atoms with Crippen molar-refractivity contribution in [2.75, 3.05) is 14.1 Å². The summed E-state index contributed by atoms with van der Waals surface area (Å²) in [5.74, 6) is 0.778. The summed E-state index contributed by atoms with van der Waals surface area (Å²) in [5.41, 5.74) is 1.84. The predicted molar refractivity (Wildman–Crippen MR) is 73.0 cm³/mol. The van der Waals surface area contributed by atoms with Gasteiger partial charge in [0, 0.05) is 24.2 Å². The maximum Gasteiger partial charge on any atom is 0.127 e. The van der Waals surface area contributed by atoms with Crippen LogP contribution in [0.5, 0.6) is 0 Å². The van der Waals surface area contributed by atoms with Gasteiger partial charge in [0.2, 0.25) is 0 Å². The Bertz CT molecular complexity index is 524. The normalized spacial score (nSPS) is 11.2. The van der Waals surface area contributed by atoms with Gasteiger partial charge in [-0.25, -0.2) is 4.39 Å². The van der Waals surface area contributed by atoms with Gasteiger partial charge < -0.3 is 9.73 Å². The van der Waals surface area contributed by atoms with Crippen LogP contribution in [0.3, 0.4) is 0 Å². The average Bonchev–Trinajstić information content (AvgIpc) is 2.80. The minimum atomic E-state index is -0.156. The van der Waals surface area contributed by atoms with Crippen molar-refractivity contribution in [2.24, 2.45) is 0 Å². The summed E-state index contributed by atoms with van der Waals surface area (Å²) in [4.78, 5) is 2.07. The van der Waals surface area contributed by atoms with E-state index in [4.69, 9.17) is 4.42 Å². The molecule has 0 aliphatic carbocycles. The van der Waals surface area contributed by atoms with Gasteiger partial charge in [-0.15, -0.1) is 0 Å². The summed E-state index contributed by atoms with van der Waals surface area (Å²) in [7, 11) is 3.86. The Morgan fingerprint density at radius 3 is 2.63 bits per heavy atom. The van der Waals surface area contributed by atoms with Crippen LogP contribution < -0.4 is 5.32 Å². The molecule has 1 aromatic carbocycles. The third-order valence-electron chi connectivity index (χ3n) is 3.01. The molecule has 0 atom stereocenters. The number of nitrogens with one attached hydrogen (secondary N) is 1. The SMILES string of the molecule is CNCc1occc1CN(C)Cc1ccccc1F. The van der Waals surface area contributed by atoms with Crippen LogP contribution in [0.4, 0.5) is 4.39 Å². The molecule has 0 amide bonds. The second-order valence-corrected chi connectivity index (χ2v) is 4.66. The topological polar surface area (TPSA) is 28.4 Å². The highest BCUT2D eigenvalue weighted by Gasteiger charge is 2.10. The quantitative estimate of drug-likeness (QED) is 0.867. The summed E-state index contributed by atoms with van der Waals surface area (Å²) in [6, 6.07) is 8.84. The minimum absolute atomic E-state index is 0.156. The van der Waals surface area contributed by atoms with Crippen molar-refractivity contribution >= 4 is 0 Å². The number of hydrogen-bond donors (Lipinski definition) is 1. The predicted octanol–water partition coefficient (Wildman–Crippen LogP) is 2.77. The van der Waals surface area contributed by atoms with Gasteiger partial charge in [0.15, 0.2) is 0 Å². The highest BCUT2D eigenvalue weighted by atomic mass is 19.1. The Kier molecular flexibility index (Phi) is 4.71. The van der Waals surface area contributed by atoms with E-state index in [2.05, 4.69) is 10.2 Å². The Labute approximate surface area is 113 Å². The molecule has 1 N–H and O–H groups in total. The van der Waals surface area contributed by atoms with Crippen molar-refractivity contribution in [3.05, 3.63) is 59.3 Å². The van der Waals surface area contributed by atoms with Crippen LogP contribution in [0.25, 0.3) is 0 Å². The zero-order chi connectivity index (χ0) is 13.7. The molecule has 0 spiro atoms. The van der Waals surface area contributed by atoms with Gasteiger partial charge in [-0.3, -0.25) is 4.90 Å². The third-order valence-corrected chi connectivity index (χ3v) is 3.01. The number of hydrogen-bond acceptors (Lipinski definition) is 3. The van der Waals surface area contributed by atoms with Gasteiger partial charge >= 0.3 is 0 Å². The summed E-state index contributed by atoms with van der Waals surface area (Å²) >= 11 is 0. The van der Waals surface area contributed by atoms with E-state index >= 15 is 0 Å².